The van der Waals surface area contributed by atoms with Crippen LogP contribution in [0.4, 0.5) is 40.8 Å². The van der Waals surface area contributed by atoms with Crippen molar-refractivity contribution in [3.8, 4) is 0 Å². The maximum absolute atomic E-state index is 13.8. The van der Waals surface area contributed by atoms with Gasteiger partial charge in [-0.3, -0.25) is 9.59 Å². The molecule has 0 aromatic heterocycles. The third-order valence-corrected chi connectivity index (χ3v) is 20.6. The summed E-state index contributed by atoms with van der Waals surface area (Å²) >= 11 is 0. The number of benzene rings is 9. The maximum atomic E-state index is 13.8. The number of carbonyl (C=O) groups excluding carboxylic acids is 2. The Bertz CT molecular complexity index is 4380. The van der Waals surface area contributed by atoms with Crippen molar-refractivity contribution in [1.82, 2.24) is 14.1 Å². The minimum atomic E-state index is -3.29. The zero-order valence-electron chi connectivity index (χ0n) is 71.6. The van der Waals surface area contributed by atoms with Gasteiger partial charge in [0.1, 0.15) is 17.5 Å². The van der Waals surface area contributed by atoms with Gasteiger partial charge in [0.15, 0.2) is 29.1 Å². The normalized spacial score (nSPS) is 12.4. The lowest BCUT2D eigenvalue weighted by Crippen LogP contribution is -2.41. The average molecular weight is 1600 g/mol. The van der Waals surface area contributed by atoms with E-state index in [1.165, 1.54) is 96.5 Å². The predicted octanol–water partition coefficient (Wildman–Crippen LogP) is 25.7. The highest BCUT2D eigenvalue weighted by atomic mass is 32.2. The van der Waals surface area contributed by atoms with Gasteiger partial charge in [-0.25, -0.2) is 47.8 Å². The summed E-state index contributed by atoms with van der Waals surface area (Å²) in [6.45, 7) is 43.6. The van der Waals surface area contributed by atoms with Gasteiger partial charge < -0.3 is 19.4 Å². The van der Waals surface area contributed by atoms with Crippen LogP contribution in [0.1, 0.15) is 267 Å². The number of rotatable bonds is 14. The van der Waals surface area contributed by atoms with E-state index in [2.05, 4.69) is 136 Å². The van der Waals surface area contributed by atoms with Gasteiger partial charge in [0.25, 0.3) is 11.8 Å². The van der Waals surface area contributed by atoms with E-state index in [0.29, 0.717) is 66.4 Å². The Balaban J connectivity index is 0.000000334. The Morgan fingerprint density at radius 3 is 1.20 bits per heavy atom. The largest absolute Gasteiger partial charge is 0.378 e. The fourth-order valence-electron chi connectivity index (χ4n) is 11.2. The molecular formula is C96H126F8N4O5S. The molecule has 11 rings (SSSR count). The second kappa shape index (κ2) is 49.7. The summed E-state index contributed by atoms with van der Waals surface area (Å²) in [5, 5.41) is 0. The summed E-state index contributed by atoms with van der Waals surface area (Å²) in [5.74, 6) is -2.69. The number of ether oxygens (including phenoxy) is 1. The van der Waals surface area contributed by atoms with Gasteiger partial charge in [0.05, 0.1) is 23.7 Å². The lowest BCUT2D eigenvalue weighted by Gasteiger charge is -2.27. The highest BCUT2D eigenvalue weighted by Gasteiger charge is 2.23. The molecular weight excluding hydrogens is 1470 g/mol. The molecule has 2 aliphatic heterocycles. The lowest BCUT2D eigenvalue weighted by atomic mass is 10.00. The molecule has 2 fully saturated rings. The van der Waals surface area contributed by atoms with Crippen LogP contribution in [0, 0.1) is 53.5 Å². The number of aryl methyl sites for hydroxylation is 1. The van der Waals surface area contributed by atoms with E-state index in [-0.39, 0.29) is 52.7 Å². The van der Waals surface area contributed by atoms with Crippen LogP contribution < -0.4 is 4.90 Å². The average Bonchev–Trinajstić information content (AvgIpc) is 0.926. The maximum Gasteiger partial charge on any atom is 0.256 e. The topological polar surface area (TPSA) is 90.5 Å². The molecule has 9 aromatic carbocycles. The Hall–Kier alpha value is -8.97. The highest BCUT2D eigenvalue weighted by Crippen LogP contribution is 2.27. The smallest absolute Gasteiger partial charge is 0.256 e. The van der Waals surface area contributed by atoms with E-state index in [9.17, 15) is 53.1 Å². The highest BCUT2D eigenvalue weighted by molar-refractivity contribution is 7.89. The van der Waals surface area contributed by atoms with E-state index >= 15 is 0 Å². The minimum Gasteiger partial charge on any atom is -0.378 e. The number of amides is 2. The Labute approximate surface area is 678 Å². The number of halogens is 8. The van der Waals surface area contributed by atoms with E-state index in [0.717, 1.165) is 51.6 Å². The van der Waals surface area contributed by atoms with Gasteiger partial charge >= 0.3 is 0 Å². The van der Waals surface area contributed by atoms with Crippen LogP contribution >= 0.6 is 0 Å². The van der Waals surface area contributed by atoms with E-state index < -0.39 is 44.9 Å². The molecule has 2 heterocycles. The Kier molecular flexibility index (Phi) is 43.3. The van der Waals surface area contributed by atoms with Crippen LogP contribution in [-0.2, 0) is 14.8 Å². The Morgan fingerprint density at radius 2 is 0.789 bits per heavy atom. The molecule has 18 heteroatoms. The quantitative estimate of drug-likeness (QED) is 0.0796. The third kappa shape index (κ3) is 34.2. The van der Waals surface area contributed by atoms with Crippen LogP contribution in [0.25, 0.3) is 0 Å². The first-order valence-electron chi connectivity index (χ1n) is 39.5. The zero-order chi connectivity index (χ0) is 85.9. The second-order valence-electron chi connectivity index (χ2n) is 31.5. The molecule has 0 saturated carbocycles. The molecule has 2 amide bonds. The monoisotopic (exact) mass is 1600 g/mol. The summed E-state index contributed by atoms with van der Waals surface area (Å²) < 4.78 is 132. The van der Waals surface area contributed by atoms with E-state index in [4.69, 9.17) is 4.74 Å². The lowest BCUT2D eigenvalue weighted by molar-refractivity contribution is 0.0299. The fraction of sp³-hybridized carbons (Fsp3) is 0.417. The first-order valence-corrected chi connectivity index (χ1v) is 40.9. The number of carbonyl (C=O) groups is 2. The van der Waals surface area contributed by atoms with Crippen molar-refractivity contribution in [2.75, 3.05) is 72.5 Å². The van der Waals surface area contributed by atoms with Crippen molar-refractivity contribution in [2.24, 2.45) is 0 Å². The second-order valence-corrected chi connectivity index (χ2v) is 33.6. The third-order valence-electron chi connectivity index (χ3n) is 18.8. The Morgan fingerprint density at radius 1 is 0.377 bits per heavy atom. The van der Waals surface area contributed by atoms with Crippen molar-refractivity contribution in [3.63, 3.8) is 0 Å². The molecule has 0 atom stereocenters. The summed E-state index contributed by atoms with van der Waals surface area (Å²) in [6, 6.07) is 57.0. The van der Waals surface area contributed by atoms with Crippen LogP contribution in [0.2, 0.25) is 0 Å². The van der Waals surface area contributed by atoms with Gasteiger partial charge in [-0.2, -0.15) is 0 Å². The number of sulfonamides is 1. The molecule has 114 heavy (non-hydrogen) atoms. The van der Waals surface area contributed by atoms with Gasteiger partial charge in [-0.1, -0.05) is 233 Å². The van der Waals surface area contributed by atoms with Crippen molar-refractivity contribution < 1.29 is 57.9 Å². The molecule has 0 N–H and O–H groups in total. The predicted molar refractivity (Wildman–Crippen MR) is 456 cm³/mol. The number of anilines is 1. The molecule has 2 saturated heterocycles. The van der Waals surface area contributed by atoms with E-state index in [1.807, 2.05) is 90.1 Å². The number of nitrogens with zero attached hydrogens (tertiary/aromatic N) is 4. The van der Waals surface area contributed by atoms with Crippen molar-refractivity contribution in [3.05, 3.63) is 307 Å². The first-order chi connectivity index (χ1) is 53.5. The first kappa shape index (κ1) is 99.2. The molecule has 0 unspecified atom stereocenters. The summed E-state index contributed by atoms with van der Waals surface area (Å²) in [5.41, 5.74) is 13.0. The van der Waals surface area contributed by atoms with Crippen LogP contribution in [-0.4, -0.2) is 102 Å². The molecule has 0 bridgehead atoms. The molecule has 0 radical (unpaired) electrons. The van der Waals surface area contributed by atoms with Crippen LogP contribution in [0.3, 0.4) is 0 Å². The van der Waals surface area contributed by atoms with Crippen molar-refractivity contribution >= 4 is 27.5 Å². The fourth-order valence-corrected chi connectivity index (χ4v) is 12.1. The summed E-state index contributed by atoms with van der Waals surface area (Å²) in [7, 11) is 3.32. The molecule has 0 spiro atoms. The van der Waals surface area contributed by atoms with Crippen molar-refractivity contribution in [2.45, 2.75) is 203 Å². The molecule has 622 valence electrons. The van der Waals surface area contributed by atoms with Gasteiger partial charge in [0.2, 0.25) is 10.0 Å². The molecule has 2 aliphatic rings. The molecule has 0 aliphatic carbocycles. The molecule has 9 aromatic rings. The van der Waals surface area contributed by atoms with Crippen LogP contribution in [0.5, 0.6) is 0 Å². The number of morpholine rings is 1. The number of hydrogen-bond donors (Lipinski definition) is 0. The summed E-state index contributed by atoms with van der Waals surface area (Å²) in [4.78, 5) is 29.9. The number of hydrogen-bond acceptors (Lipinski definition) is 6. The van der Waals surface area contributed by atoms with Gasteiger partial charge in [0, 0.05) is 65.6 Å². The van der Waals surface area contributed by atoms with E-state index in [1.54, 1.807) is 86.3 Å². The summed E-state index contributed by atoms with van der Waals surface area (Å²) in [6.07, 6.45) is 2.71. The van der Waals surface area contributed by atoms with Crippen LogP contribution in [0.15, 0.2) is 199 Å². The van der Waals surface area contributed by atoms with Gasteiger partial charge in [-0.05, 0) is 214 Å². The standard InChI is InChI=1S/C14H18FNO2.C13H19N.C12H17NO.C11H17NO2S.C10H14.C9H9F3.C9H10F2.2C9H11F/c1-10(2)11-3-4-13(15)12(9-11)14(17)16-5-7-18-8-6-16;1-11(2)12-5-7-13(8-6-12)14-9-3-4-10-14;1-9(2)10-6-5-7-11(8-10)12(14)13(3)4;1-9(2)10-5-7-11(8-6-10)15(13,14)12(3)4;1-8(2)10-6-4-5-9(3)7-10;1-5(2)6-3-7(10)9(12)8(11)4-6;1-6(2)7-3-4-8(10)9(11)5-7;1-7(2)8-4-3-5-9(10)6-8;1-7(2)8-5-3-4-6-9(8)10/h3-4,9-10H,5-8H2,1-2H3;5-8,11H,3-4,9-10H2,1-2H3;5-9H,1-4H3;5-9H,1-4H3;4-8H,1-3H3;3-5H,1-2H3;3-6H,1-2H3;2*3-7H,1-2H3. The van der Waals surface area contributed by atoms with Gasteiger partial charge in [-0.15, -0.1) is 0 Å². The molecule has 9 nitrogen and oxygen atoms in total. The SMILES string of the molecule is CC(C)c1cc(F)c(F)c(F)c1.CC(C)c1ccc(F)c(C(=O)N2CCOCC2)c1.CC(C)c1ccc(F)c(F)c1.CC(C)c1ccc(N2CCCC2)cc1.CC(C)c1ccc(S(=O)(=O)N(C)C)cc1.CC(C)c1cccc(C(=O)N(C)C)c1.CC(C)c1cccc(F)c1.CC(C)c1ccccc1F.Cc1cccc(C(C)C)c1. The zero-order valence-corrected chi connectivity index (χ0v) is 72.4. The minimum absolute atomic E-state index is 0.00500. The van der Waals surface area contributed by atoms with Crippen molar-refractivity contribution in [1.29, 1.82) is 0 Å².